The highest BCUT2D eigenvalue weighted by Crippen LogP contribution is 2.48. The zero-order chi connectivity index (χ0) is 16.9. The molecule has 5 heteroatoms. The molecule has 1 unspecified atom stereocenters. The van der Waals surface area contributed by atoms with Crippen molar-refractivity contribution >= 4 is 40.1 Å². The second kappa shape index (κ2) is 5.68. The standard InChI is InChI=1S/C19H20O3S2/c1-18(21)11-15(20)16-13(10-19(2)23-7-8-24-19)9-12-5-3-4-6-14(12)17(16)22-18/h3-6,9,21H,7-8,10-11H2,1-2H3. The van der Waals surface area contributed by atoms with E-state index < -0.39 is 5.79 Å². The van der Waals surface area contributed by atoms with Gasteiger partial charge in [-0.05, 0) is 24.3 Å². The van der Waals surface area contributed by atoms with Crippen LogP contribution in [0.2, 0.25) is 0 Å². The number of hydrogen-bond donors (Lipinski definition) is 1. The third-order valence-corrected chi connectivity index (χ3v) is 7.87. The summed E-state index contributed by atoms with van der Waals surface area (Å²) in [6, 6.07) is 10.0. The van der Waals surface area contributed by atoms with Gasteiger partial charge in [-0.3, -0.25) is 4.79 Å². The molecular weight excluding hydrogens is 340 g/mol. The maximum absolute atomic E-state index is 12.8. The van der Waals surface area contributed by atoms with Crippen LogP contribution in [0.5, 0.6) is 5.75 Å². The van der Waals surface area contributed by atoms with Crippen molar-refractivity contribution in [2.24, 2.45) is 0 Å². The molecule has 0 spiro atoms. The van der Waals surface area contributed by atoms with Crippen LogP contribution < -0.4 is 4.74 Å². The van der Waals surface area contributed by atoms with Crippen LogP contribution in [-0.4, -0.2) is 32.3 Å². The summed E-state index contributed by atoms with van der Waals surface area (Å²) in [5.74, 6) is 1.37. The molecule has 0 radical (unpaired) electrons. The third-order valence-electron chi connectivity index (χ3n) is 4.58. The van der Waals surface area contributed by atoms with Gasteiger partial charge in [-0.2, -0.15) is 0 Å². The highest BCUT2D eigenvalue weighted by atomic mass is 32.2. The SMILES string of the molecule is CC1(O)CC(=O)c2c(CC3(C)SCCS3)cc3ccccc3c2O1. The van der Waals surface area contributed by atoms with Gasteiger partial charge in [-0.25, -0.2) is 0 Å². The number of aliphatic hydroxyl groups is 1. The number of thioether (sulfide) groups is 2. The molecular formula is C19H20O3S2. The Bertz CT molecular complexity index is 823. The monoisotopic (exact) mass is 360 g/mol. The first-order valence-electron chi connectivity index (χ1n) is 8.14. The first kappa shape index (κ1) is 16.3. The fraction of sp³-hybridized carbons (Fsp3) is 0.421. The van der Waals surface area contributed by atoms with Gasteiger partial charge in [-0.15, -0.1) is 23.5 Å². The van der Waals surface area contributed by atoms with Crippen LogP contribution in [-0.2, 0) is 6.42 Å². The van der Waals surface area contributed by atoms with E-state index in [0.717, 1.165) is 34.3 Å². The van der Waals surface area contributed by atoms with Crippen LogP contribution in [0, 0.1) is 0 Å². The van der Waals surface area contributed by atoms with Crippen LogP contribution in [0.25, 0.3) is 10.8 Å². The lowest BCUT2D eigenvalue weighted by Crippen LogP contribution is -2.39. The average Bonchev–Trinajstić information content (AvgIpc) is 2.92. The Labute approximate surface area is 150 Å². The van der Waals surface area contributed by atoms with Crippen molar-refractivity contribution in [1.82, 2.24) is 0 Å². The summed E-state index contributed by atoms with van der Waals surface area (Å²) in [7, 11) is 0. The van der Waals surface area contributed by atoms with Gasteiger partial charge in [0.25, 0.3) is 0 Å². The Morgan fingerprint density at radius 2 is 1.92 bits per heavy atom. The number of ketones is 1. The van der Waals surface area contributed by atoms with Crippen molar-refractivity contribution in [2.45, 2.75) is 36.6 Å². The highest BCUT2D eigenvalue weighted by Gasteiger charge is 2.39. The van der Waals surface area contributed by atoms with Gasteiger partial charge in [0.1, 0.15) is 5.75 Å². The Morgan fingerprint density at radius 3 is 2.67 bits per heavy atom. The first-order chi connectivity index (χ1) is 11.4. The number of rotatable bonds is 2. The summed E-state index contributed by atoms with van der Waals surface area (Å²) < 4.78 is 5.96. The van der Waals surface area contributed by atoms with Gasteiger partial charge in [-0.1, -0.05) is 30.3 Å². The van der Waals surface area contributed by atoms with E-state index in [2.05, 4.69) is 13.0 Å². The quantitative estimate of drug-likeness (QED) is 0.867. The van der Waals surface area contributed by atoms with E-state index in [1.54, 1.807) is 6.92 Å². The van der Waals surface area contributed by atoms with Crippen molar-refractivity contribution in [1.29, 1.82) is 0 Å². The third kappa shape index (κ3) is 2.83. The summed E-state index contributed by atoms with van der Waals surface area (Å²) in [5, 5.41) is 12.3. The number of benzene rings is 2. The van der Waals surface area contributed by atoms with Gasteiger partial charge >= 0.3 is 0 Å². The molecule has 24 heavy (non-hydrogen) atoms. The van der Waals surface area contributed by atoms with Gasteiger partial charge in [0.2, 0.25) is 5.79 Å². The largest absolute Gasteiger partial charge is 0.461 e. The van der Waals surface area contributed by atoms with Crippen LogP contribution >= 0.6 is 23.5 Å². The number of Topliss-reactive ketones (excluding diaryl/α,β-unsaturated/α-hetero) is 1. The normalized spacial score (nSPS) is 25.5. The molecule has 0 saturated carbocycles. The summed E-state index contributed by atoms with van der Waals surface area (Å²) >= 11 is 3.92. The highest BCUT2D eigenvalue weighted by molar-refractivity contribution is 8.21. The van der Waals surface area contributed by atoms with Crippen molar-refractivity contribution in [2.75, 3.05) is 11.5 Å². The lowest BCUT2D eigenvalue weighted by molar-refractivity contribution is -0.122. The summed E-state index contributed by atoms with van der Waals surface area (Å²) in [6.07, 6.45) is 0.828. The van der Waals surface area contributed by atoms with Crippen molar-refractivity contribution in [3.63, 3.8) is 0 Å². The fourth-order valence-corrected chi connectivity index (χ4v) is 6.45. The molecule has 4 rings (SSSR count). The van der Waals surface area contributed by atoms with E-state index in [-0.39, 0.29) is 16.3 Å². The van der Waals surface area contributed by atoms with Gasteiger partial charge in [0, 0.05) is 23.8 Å². The Hall–Kier alpha value is -1.17. The van der Waals surface area contributed by atoms with E-state index >= 15 is 0 Å². The molecule has 1 saturated heterocycles. The summed E-state index contributed by atoms with van der Waals surface area (Å²) in [5.41, 5.74) is 1.70. The number of carbonyl (C=O) groups is 1. The topological polar surface area (TPSA) is 46.5 Å². The number of ether oxygens (including phenoxy) is 1. The summed E-state index contributed by atoms with van der Waals surface area (Å²) in [4.78, 5) is 12.8. The lowest BCUT2D eigenvalue weighted by atomic mass is 9.89. The van der Waals surface area contributed by atoms with Gasteiger partial charge < -0.3 is 9.84 Å². The Balaban J connectivity index is 1.91. The zero-order valence-corrected chi connectivity index (χ0v) is 15.4. The zero-order valence-electron chi connectivity index (χ0n) is 13.8. The van der Waals surface area contributed by atoms with Crippen LogP contribution in [0.1, 0.15) is 36.2 Å². The molecule has 0 aliphatic carbocycles. The molecule has 2 aromatic rings. The maximum atomic E-state index is 12.8. The van der Waals surface area contributed by atoms with E-state index in [1.165, 1.54) is 0 Å². The molecule has 126 valence electrons. The van der Waals surface area contributed by atoms with E-state index in [0.29, 0.717) is 11.3 Å². The molecule has 2 aliphatic heterocycles. The molecule has 2 aliphatic rings. The van der Waals surface area contributed by atoms with E-state index in [1.807, 2.05) is 47.8 Å². The van der Waals surface area contributed by atoms with Crippen LogP contribution in [0.3, 0.4) is 0 Å². The second-order valence-electron chi connectivity index (χ2n) is 6.85. The molecule has 2 heterocycles. The molecule has 1 fully saturated rings. The number of carbonyl (C=O) groups excluding carboxylic acids is 1. The maximum Gasteiger partial charge on any atom is 0.212 e. The van der Waals surface area contributed by atoms with Crippen LogP contribution in [0.4, 0.5) is 0 Å². The summed E-state index contributed by atoms with van der Waals surface area (Å²) in [6.45, 7) is 3.81. The van der Waals surface area contributed by atoms with Gasteiger partial charge in [0.05, 0.1) is 16.1 Å². The molecule has 1 N–H and O–H groups in total. The van der Waals surface area contributed by atoms with E-state index in [9.17, 15) is 9.90 Å². The molecule has 2 aromatic carbocycles. The first-order valence-corrected chi connectivity index (χ1v) is 10.1. The Kier molecular flexibility index (Phi) is 3.86. The predicted molar refractivity (Wildman–Crippen MR) is 101 cm³/mol. The number of hydrogen-bond acceptors (Lipinski definition) is 5. The van der Waals surface area contributed by atoms with Crippen molar-refractivity contribution in [3.05, 3.63) is 41.5 Å². The predicted octanol–water partition coefficient (Wildman–Crippen LogP) is 4.25. The second-order valence-corrected chi connectivity index (χ2v) is 10.3. The van der Waals surface area contributed by atoms with Crippen molar-refractivity contribution in [3.8, 4) is 5.75 Å². The molecule has 0 bridgehead atoms. The molecule has 0 aromatic heterocycles. The molecule has 1 atom stereocenters. The minimum atomic E-state index is -1.44. The lowest BCUT2D eigenvalue weighted by Gasteiger charge is -2.33. The van der Waals surface area contributed by atoms with Gasteiger partial charge in [0.15, 0.2) is 5.78 Å². The number of fused-ring (bicyclic) bond motifs is 3. The fourth-order valence-electron chi connectivity index (χ4n) is 3.57. The van der Waals surface area contributed by atoms with Crippen molar-refractivity contribution < 1.29 is 14.6 Å². The Morgan fingerprint density at radius 1 is 1.21 bits per heavy atom. The molecule has 0 amide bonds. The molecule has 3 nitrogen and oxygen atoms in total. The average molecular weight is 361 g/mol. The minimum absolute atomic E-state index is 0.00232. The van der Waals surface area contributed by atoms with Crippen LogP contribution in [0.15, 0.2) is 30.3 Å². The minimum Gasteiger partial charge on any atom is -0.461 e. The van der Waals surface area contributed by atoms with E-state index in [4.69, 9.17) is 4.74 Å². The smallest absolute Gasteiger partial charge is 0.212 e.